The molecule has 4 rings (SSSR count). The lowest BCUT2D eigenvalue weighted by Crippen LogP contribution is -2.38. The van der Waals surface area contributed by atoms with E-state index in [1.807, 2.05) is 24.3 Å². The van der Waals surface area contributed by atoms with Crippen molar-refractivity contribution in [3.8, 4) is 5.75 Å². The summed E-state index contributed by atoms with van der Waals surface area (Å²) in [6, 6.07) is 10.3. The number of alkyl carbamates (subject to hydrolysis) is 1. The van der Waals surface area contributed by atoms with E-state index in [-0.39, 0.29) is 6.61 Å². The Hall–Kier alpha value is -3.40. The van der Waals surface area contributed by atoms with Gasteiger partial charge in [0.2, 0.25) is 0 Å². The Morgan fingerprint density at radius 1 is 1.31 bits per heavy atom. The molecule has 2 aromatic carbocycles. The van der Waals surface area contributed by atoms with E-state index in [9.17, 15) is 9.59 Å². The zero-order chi connectivity index (χ0) is 20.4. The van der Waals surface area contributed by atoms with Crippen molar-refractivity contribution in [1.82, 2.24) is 15.3 Å². The minimum atomic E-state index is -0.769. The van der Waals surface area contributed by atoms with Crippen LogP contribution in [0.1, 0.15) is 0 Å². The van der Waals surface area contributed by atoms with Gasteiger partial charge in [-0.15, -0.1) is 0 Å². The van der Waals surface area contributed by atoms with Gasteiger partial charge in [0.05, 0.1) is 18.3 Å². The monoisotopic (exact) mass is 457 g/mol. The van der Waals surface area contributed by atoms with Crippen LogP contribution in [0.4, 0.5) is 22.0 Å². The Kier molecular flexibility index (Phi) is 5.17. The zero-order valence-electron chi connectivity index (χ0n) is 15.2. The summed E-state index contributed by atoms with van der Waals surface area (Å²) in [5.74, 6) is 0.596. The van der Waals surface area contributed by atoms with Crippen molar-refractivity contribution in [2.45, 2.75) is 6.04 Å². The third-order valence-corrected chi connectivity index (χ3v) is 4.78. The van der Waals surface area contributed by atoms with Crippen LogP contribution in [-0.4, -0.2) is 41.7 Å². The number of fused-ring (bicyclic) bond motifs is 1. The fourth-order valence-electron chi connectivity index (χ4n) is 2.90. The Labute approximate surface area is 173 Å². The Morgan fingerprint density at radius 3 is 2.90 bits per heavy atom. The van der Waals surface area contributed by atoms with Gasteiger partial charge in [-0.25, -0.2) is 14.8 Å². The molecule has 148 valence electrons. The van der Waals surface area contributed by atoms with Crippen molar-refractivity contribution in [3.63, 3.8) is 0 Å². The van der Waals surface area contributed by atoms with Gasteiger partial charge in [-0.05, 0) is 24.3 Å². The number of cyclic esters (lactones) is 1. The molecule has 0 radical (unpaired) electrons. The number of nitrogens with one attached hydrogen (secondary N) is 3. The number of ether oxygens (including phenoxy) is 2. The first-order valence-corrected chi connectivity index (χ1v) is 9.42. The van der Waals surface area contributed by atoms with Crippen LogP contribution in [0.25, 0.3) is 10.9 Å². The molecule has 0 saturated carbocycles. The first kappa shape index (κ1) is 18.9. The van der Waals surface area contributed by atoms with E-state index in [1.165, 1.54) is 13.4 Å². The van der Waals surface area contributed by atoms with Crippen molar-refractivity contribution in [2.24, 2.45) is 0 Å². The van der Waals surface area contributed by atoms with Gasteiger partial charge in [-0.1, -0.05) is 22.0 Å². The number of carbonyl (C=O) groups is 2. The van der Waals surface area contributed by atoms with E-state index in [1.54, 1.807) is 12.1 Å². The Balaban J connectivity index is 1.69. The van der Waals surface area contributed by atoms with Gasteiger partial charge in [0.1, 0.15) is 30.5 Å². The number of hydrogen-bond donors (Lipinski definition) is 3. The van der Waals surface area contributed by atoms with E-state index >= 15 is 0 Å². The molecule has 0 spiro atoms. The van der Waals surface area contributed by atoms with Gasteiger partial charge in [0, 0.05) is 21.6 Å². The van der Waals surface area contributed by atoms with Gasteiger partial charge in [-0.3, -0.25) is 4.79 Å². The molecule has 0 aliphatic carbocycles. The SMILES string of the molecule is COc1cc2ncnc(Nc3cccc(Br)c3)c2cc1NC(=O)[C@H]1COC(=O)N1. The molecule has 0 unspecified atom stereocenters. The highest BCUT2D eigenvalue weighted by molar-refractivity contribution is 9.10. The van der Waals surface area contributed by atoms with Crippen molar-refractivity contribution in [3.05, 3.63) is 47.2 Å². The minimum absolute atomic E-state index is 0.0284. The van der Waals surface area contributed by atoms with Gasteiger partial charge >= 0.3 is 6.09 Å². The molecule has 9 nitrogen and oxygen atoms in total. The summed E-state index contributed by atoms with van der Waals surface area (Å²) in [7, 11) is 1.50. The van der Waals surface area contributed by atoms with Crippen LogP contribution in [0, 0.1) is 0 Å². The smallest absolute Gasteiger partial charge is 0.407 e. The number of methoxy groups -OCH3 is 1. The second kappa shape index (κ2) is 7.92. The van der Waals surface area contributed by atoms with Crippen molar-refractivity contribution < 1.29 is 19.1 Å². The lowest BCUT2D eigenvalue weighted by molar-refractivity contribution is -0.117. The maximum Gasteiger partial charge on any atom is 0.407 e. The predicted molar refractivity (Wildman–Crippen MR) is 110 cm³/mol. The van der Waals surface area contributed by atoms with E-state index in [0.29, 0.717) is 28.2 Å². The van der Waals surface area contributed by atoms with E-state index in [4.69, 9.17) is 9.47 Å². The van der Waals surface area contributed by atoms with Gasteiger partial charge in [0.15, 0.2) is 0 Å². The third-order valence-electron chi connectivity index (χ3n) is 4.29. The fourth-order valence-corrected chi connectivity index (χ4v) is 3.30. The average molecular weight is 458 g/mol. The number of aromatic nitrogens is 2. The largest absolute Gasteiger partial charge is 0.494 e. The molecule has 3 aromatic rings. The second-order valence-electron chi connectivity index (χ2n) is 6.21. The second-order valence-corrected chi connectivity index (χ2v) is 7.13. The molecule has 2 amide bonds. The van der Waals surface area contributed by atoms with Crippen LogP contribution in [0.2, 0.25) is 0 Å². The average Bonchev–Trinajstić information content (AvgIpc) is 3.14. The third kappa shape index (κ3) is 4.06. The predicted octanol–water partition coefficient (Wildman–Crippen LogP) is 3.19. The molecule has 1 aliphatic heterocycles. The minimum Gasteiger partial charge on any atom is -0.494 e. The topological polar surface area (TPSA) is 114 Å². The van der Waals surface area contributed by atoms with Gasteiger partial charge in [-0.2, -0.15) is 0 Å². The maximum atomic E-state index is 12.5. The summed E-state index contributed by atoms with van der Waals surface area (Å²) < 4.78 is 11.1. The van der Waals surface area contributed by atoms with E-state index in [2.05, 4.69) is 41.8 Å². The molecule has 1 aliphatic rings. The van der Waals surface area contributed by atoms with Crippen molar-refractivity contribution in [1.29, 1.82) is 0 Å². The van der Waals surface area contributed by atoms with Crippen LogP contribution < -0.4 is 20.7 Å². The molecule has 2 heterocycles. The molecule has 0 bridgehead atoms. The summed E-state index contributed by atoms with van der Waals surface area (Å²) in [6.07, 6.45) is 0.829. The molecule has 29 heavy (non-hydrogen) atoms. The first-order chi connectivity index (χ1) is 14.0. The standard InChI is InChI=1S/C19H16BrN5O4/c1-28-16-7-13-12(6-14(16)24-18(26)15-8-29-19(27)25-15)17(22-9-21-13)23-11-4-2-3-10(20)5-11/h2-7,9,15H,8H2,1H3,(H,24,26)(H,25,27)(H,21,22,23)/t15-/m1/s1. The van der Waals surface area contributed by atoms with Crippen LogP contribution >= 0.6 is 15.9 Å². The number of halogens is 1. The first-order valence-electron chi connectivity index (χ1n) is 8.63. The fraction of sp³-hybridized carbons (Fsp3) is 0.158. The van der Waals surface area contributed by atoms with E-state index in [0.717, 1.165) is 10.2 Å². The molecule has 10 heteroatoms. The maximum absolute atomic E-state index is 12.5. The van der Waals surface area contributed by atoms with Crippen LogP contribution in [0.3, 0.4) is 0 Å². The number of nitrogens with zero attached hydrogens (tertiary/aromatic N) is 2. The molecule has 1 fully saturated rings. The molecule has 1 atom stereocenters. The number of benzene rings is 2. The van der Waals surface area contributed by atoms with Crippen LogP contribution in [0.15, 0.2) is 47.2 Å². The number of rotatable bonds is 5. The summed E-state index contributed by atoms with van der Waals surface area (Å²) in [6.45, 7) is -0.0284. The summed E-state index contributed by atoms with van der Waals surface area (Å²) in [4.78, 5) is 32.3. The molecule has 1 saturated heterocycles. The number of hydrogen-bond acceptors (Lipinski definition) is 7. The summed E-state index contributed by atoms with van der Waals surface area (Å²) in [5, 5.41) is 9.15. The number of carbonyl (C=O) groups excluding carboxylic acids is 2. The number of amides is 2. The molecule has 1 aromatic heterocycles. The lowest BCUT2D eigenvalue weighted by atomic mass is 10.1. The highest BCUT2D eigenvalue weighted by Gasteiger charge is 2.29. The molecular weight excluding hydrogens is 442 g/mol. The lowest BCUT2D eigenvalue weighted by Gasteiger charge is -2.15. The normalized spacial score (nSPS) is 15.5. The zero-order valence-corrected chi connectivity index (χ0v) is 16.8. The molecule has 3 N–H and O–H groups in total. The van der Waals surface area contributed by atoms with Gasteiger partial charge in [0.25, 0.3) is 5.91 Å². The highest BCUT2D eigenvalue weighted by Crippen LogP contribution is 2.33. The van der Waals surface area contributed by atoms with Crippen molar-refractivity contribution >= 4 is 56.0 Å². The van der Waals surface area contributed by atoms with Crippen molar-refractivity contribution in [2.75, 3.05) is 24.4 Å². The molecular formula is C19H16BrN5O4. The quantitative estimate of drug-likeness (QED) is 0.538. The van der Waals surface area contributed by atoms with Gasteiger partial charge < -0.3 is 25.4 Å². The Bertz CT molecular complexity index is 1110. The number of anilines is 3. The van der Waals surface area contributed by atoms with Crippen LogP contribution in [0.5, 0.6) is 5.75 Å². The summed E-state index contributed by atoms with van der Waals surface area (Å²) >= 11 is 3.44. The Morgan fingerprint density at radius 2 is 2.17 bits per heavy atom. The van der Waals surface area contributed by atoms with Crippen LogP contribution in [-0.2, 0) is 9.53 Å². The van der Waals surface area contributed by atoms with E-state index < -0.39 is 18.0 Å². The highest BCUT2D eigenvalue weighted by atomic mass is 79.9. The summed E-state index contributed by atoms with van der Waals surface area (Å²) in [5.41, 5.74) is 1.91.